The summed E-state index contributed by atoms with van der Waals surface area (Å²) in [7, 11) is 0. The van der Waals surface area contributed by atoms with E-state index in [1.54, 1.807) is 9.31 Å². The normalized spacial score (nSPS) is 13.0. The van der Waals surface area contributed by atoms with Crippen LogP contribution in [0, 0.1) is 11.3 Å². The summed E-state index contributed by atoms with van der Waals surface area (Å²) < 4.78 is 4.32. The average molecular weight is 515 g/mol. The van der Waals surface area contributed by atoms with E-state index >= 15 is 0 Å². The van der Waals surface area contributed by atoms with Crippen molar-refractivity contribution in [1.29, 1.82) is 5.26 Å². The van der Waals surface area contributed by atoms with Crippen LogP contribution in [0.5, 0.6) is 0 Å². The zero-order chi connectivity index (χ0) is 26.7. The van der Waals surface area contributed by atoms with Crippen LogP contribution in [-0.4, -0.2) is 34.6 Å². The molecule has 0 aliphatic carbocycles. The summed E-state index contributed by atoms with van der Waals surface area (Å²) in [5, 5.41) is 32.9. The number of para-hydroxylation sites is 1. The van der Waals surface area contributed by atoms with Gasteiger partial charge in [0.1, 0.15) is 11.6 Å². The topological polar surface area (TPSA) is 125 Å². The van der Waals surface area contributed by atoms with Crippen molar-refractivity contribution in [3.05, 3.63) is 47.0 Å². The lowest BCUT2D eigenvalue weighted by atomic mass is 9.90. The first kappa shape index (κ1) is 24.8. The predicted molar refractivity (Wildman–Crippen MR) is 144 cm³/mol. The molecule has 0 saturated heterocycles. The lowest BCUT2D eigenvalue weighted by Gasteiger charge is -2.16. The van der Waals surface area contributed by atoms with Crippen molar-refractivity contribution in [2.75, 3.05) is 0 Å². The Labute approximate surface area is 219 Å². The Bertz CT molecular complexity index is 1660. The van der Waals surface area contributed by atoms with Gasteiger partial charge in [-0.1, -0.05) is 78.9 Å². The van der Waals surface area contributed by atoms with Crippen LogP contribution in [0.2, 0.25) is 0 Å². The molecule has 190 valence electrons. The van der Waals surface area contributed by atoms with Gasteiger partial charge in [0.2, 0.25) is 10.8 Å². The number of aromatic nitrogens is 7. The number of benzene rings is 1. The minimum absolute atomic E-state index is 0.163. The summed E-state index contributed by atoms with van der Waals surface area (Å²) in [5.41, 5.74) is 3.27. The number of fused-ring (bicyclic) bond motifs is 2. The number of rotatable bonds is 4. The number of hydrogen-bond acceptors (Lipinski definition) is 8. The summed E-state index contributed by atoms with van der Waals surface area (Å²) in [6.07, 6.45) is 0. The van der Waals surface area contributed by atoms with E-state index in [1.807, 2.05) is 58.9 Å². The van der Waals surface area contributed by atoms with Crippen molar-refractivity contribution in [2.45, 2.75) is 72.1 Å². The summed E-state index contributed by atoms with van der Waals surface area (Å²) >= 11 is 1.49. The van der Waals surface area contributed by atoms with E-state index in [-0.39, 0.29) is 16.7 Å². The van der Waals surface area contributed by atoms with Crippen LogP contribution in [0.25, 0.3) is 21.0 Å². The fraction of sp³-hybridized carbons (Fsp3) is 0.423. The zero-order valence-corrected chi connectivity index (χ0v) is 23.1. The number of azo groups is 1. The molecule has 0 aliphatic rings. The number of nitrogens with one attached hydrogen (secondary N) is 1. The average Bonchev–Trinajstić information content (AvgIpc) is 3.55. The molecule has 5 aromatic rings. The van der Waals surface area contributed by atoms with Crippen molar-refractivity contribution < 1.29 is 0 Å². The Balaban J connectivity index is 1.74. The number of hydrogen-bond donors (Lipinski definition) is 1. The van der Waals surface area contributed by atoms with Crippen molar-refractivity contribution in [2.24, 2.45) is 10.2 Å². The van der Waals surface area contributed by atoms with Crippen LogP contribution in [0.3, 0.4) is 0 Å². The van der Waals surface area contributed by atoms with Gasteiger partial charge in [0.25, 0.3) is 0 Å². The molecule has 1 N–H and O–H groups in total. The standard InChI is InChI=1S/C26H30N10S/c1-14(2)21-29-23-18(20(26(6,7)8)33-36(23)34-21)30-31-22-15(13-27)19(25(3,4)5)32-35(22)24-28-16-11-9-10-12-17(16)37-24/h9-12,14,33H,1-8H3. The molecule has 4 heterocycles. The van der Waals surface area contributed by atoms with Gasteiger partial charge >= 0.3 is 0 Å². The first-order valence-electron chi connectivity index (χ1n) is 12.2. The van der Waals surface area contributed by atoms with Gasteiger partial charge in [-0.25, -0.2) is 9.97 Å². The third-order valence-corrected chi connectivity index (χ3v) is 6.96. The van der Waals surface area contributed by atoms with E-state index in [0.29, 0.717) is 33.5 Å². The van der Waals surface area contributed by atoms with Gasteiger partial charge in [-0.05, 0) is 12.1 Å². The van der Waals surface area contributed by atoms with Gasteiger partial charge in [0.15, 0.2) is 17.3 Å². The predicted octanol–water partition coefficient (Wildman–Crippen LogP) is 6.86. The highest BCUT2D eigenvalue weighted by Gasteiger charge is 2.30. The SMILES string of the molecule is CC(C)c1nc2c(N=Nc3c(C#N)c(C(C)(C)C)nn3-c3nc4ccccc4s3)c(C(C)(C)C)[nH]n2n1. The molecule has 0 bridgehead atoms. The maximum absolute atomic E-state index is 10.2. The van der Waals surface area contributed by atoms with E-state index in [2.05, 4.69) is 47.3 Å². The third-order valence-electron chi connectivity index (χ3n) is 5.95. The molecule has 5 rings (SSSR count). The minimum atomic E-state index is -0.381. The van der Waals surface area contributed by atoms with Gasteiger partial charge in [-0.2, -0.15) is 19.7 Å². The van der Waals surface area contributed by atoms with Crippen molar-refractivity contribution in [3.8, 4) is 11.2 Å². The van der Waals surface area contributed by atoms with Crippen LogP contribution in [0.1, 0.15) is 84.1 Å². The second kappa shape index (κ2) is 8.59. The first-order valence-corrected chi connectivity index (χ1v) is 13.0. The van der Waals surface area contributed by atoms with Gasteiger partial charge in [0.05, 0.1) is 21.6 Å². The summed E-state index contributed by atoms with van der Waals surface area (Å²) in [6, 6.07) is 10.2. The molecule has 37 heavy (non-hydrogen) atoms. The molecule has 11 heteroatoms. The second-order valence-electron chi connectivity index (χ2n) is 11.4. The molecule has 0 aliphatic heterocycles. The molecule has 10 nitrogen and oxygen atoms in total. The number of aromatic amines is 1. The summed E-state index contributed by atoms with van der Waals surface area (Å²) in [4.78, 5) is 9.49. The quantitative estimate of drug-likeness (QED) is 0.262. The molecule has 0 spiro atoms. The Kier molecular flexibility index (Phi) is 5.75. The monoisotopic (exact) mass is 514 g/mol. The van der Waals surface area contributed by atoms with Gasteiger partial charge in [0, 0.05) is 16.7 Å². The smallest absolute Gasteiger partial charge is 0.213 e. The summed E-state index contributed by atoms with van der Waals surface area (Å²) in [5.74, 6) is 1.22. The number of H-pyrrole nitrogens is 1. The largest absolute Gasteiger partial charge is 0.277 e. The molecule has 0 radical (unpaired) electrons. The fourth-order valence-electron chi connectivity index (χ4n) is 4.00. The molecule has 4 aromatic heterocycles. The van der Waals surface area contributed by atoms with Gasteiger partial charge < -0.3 is 0 Å². The maximum atomic E-state index is 10.2. The minimum Gasteiger partial charge on any atom is -0.277 e. The van der Waals surface area contributed by atoms with E-state index in [9.17, 15) is 5.26 Å². The van der Waals surface area contributed by atoms with E-state index in [4.69, 9.17) is 15.1 Å². The van der Waals surface area contributed by atoms with Gasteiger partial charge in [-0.3, -0.25) is 5.10 Å². The molecular weight excluding hydrogens is 484 g/mol. The molecule has 0 fully saturated rings. The van der Waals surface area contributed by atoms with Crippen molar-refractivity contribution in [1.82, 2.24) is 34.6 Å². The number of nitrogens with zero attached hydrogens (tertiary/aromatic N) is 9. The highest BCUT2D eigenvalue weighted by atomic mass is 32.1. The molecule has 0 atom stereocenters. The molecule has 0 amide bonds. The maximum Gasteiger partial charge on any atom is 0.213 e. The van der Waals surface area contributed by atoms with Crippen LogP contribution in [0.4, 0.5) is 11.5 Å². The number of nitriles is 1. The Morgan fingerprint density at radius 3 is 2.35 bits per heavy atom. The molecular formula is C26H30N10S. The van der Waals surface area contributed by atoms with Crippen molar-refractivity contribution >= 4 is 38.7 Å². The Morgan fingerprint density at radius 1 is 1.00 bits per heavy atom. The molecule has 1 aromatic carbocycles. The summed E-state index contributed by atoms with van der Waals surface area (Å²) in [6.45, 7) is 16.4. The van der Waals surface area contributed by atoms with E-state index in [0.717, 1.165) is 21.7 Å². The zero-order valence-electron chi connectivity index (χ0n) is 22.3. The fourth-order valence-corrected chi connectivity index (χ4v) is 4.92. The highest BCUT2D eigenvalue weighted by molar-refractivity contribution is 7.20. The van der Waals surface area contributed by atoms with Crippen molar-refractivity contribution in [3.63, 3.8) is 0 Å². The van der Waals surface area contributed by atoms with Crippen LogP contribution >= 0.6 is 11.3 Å². The van der Waals surface area contributed by atoms with E-state index in [1.165, 1.54) is 11.3 Å². The molecule has 0 unspecified atom stereocenters. The van der Waals surface area contributed by atoms with Crippen LogP contribution in [0.15, 0.2) is 34.5 Å². The second-order valence-corrected chi connectivity index (χ2v) is 12.4. The first-order chi connectivity index (χ1) is 17.4. The highest BCUT2D eigenvalue weighted by Crippen LogP contribution is 2.38. The van der Waals surface area contributed by atoms with Crippen LogP contribution in [-0.2, 0) is 10.8 Å². The Hall–Kier alpha value is -3.91. The third kappa shape index (κ3) is 4.31. The lowest BCUT2D eigenvalue weighted by Crippen LogP contribution is -2.14. The van der Waals surface area contributed by atoms with E-state index < -0.39 is 0 Å². The van der Waals surface area contributed by atoms with Gasteiger partial charge in [-0.15, -0.1) is 15.3 Å². The van der Waals surface area contributed by atoms with Crippen LogP contribution < -0.4 is 0 Å². The Morgan fingerprint density at radius 2 is 1.73 bits per heavy atom. The number of thiazole rings is 1. The lowest BCUT2D eigenvalue weighted by molar-refractivity contribution is 0.555. The molecule has 0 saturated carbocycles.